The van der Waals surface area contributed by atoms with Crippen LogP contribution in [-0.2, 0) is 26.0 Å². The van der Waals surface area contributed by atoms with Crippen molar-refractivity contribution in [2.75, 3.05) is 23.7 Å². The van der Waals surface area contributed by atoms with E-state index in [1.54, 1.807) is 11.0 Å². The molecule has 10 heteroatoms. The Morgan fingerprint density at radius 3 is 2.27 bits per heavy atom. The van der Waals surface area contributed by atoms with Gasteiger partial charge in [0.25, 0.3) is 0 Å². The zero-order valence-corrected chi connectivity index (χ0v) is 24.2. The van der Waals surface area contributed by atoms with Crippen LogP contribution in [0.5, 0.6) is 0 Å². The van der Waals surface area contributed by atoms with E-state index in [1.165, 1.54) is 12.1 Å². The molecule has 0 bridgehead atoms. The third-order valence-corrected chi connectivity index (χ3v) is 7.93. The normalized spacial score (nSPS) is 13.0. The van der Waals surface area contributed by atoms with Crippen LogP contribution in [0.15, 0.2) is 48.5 Å². The third kappa shape index (κ3) is 9.51. The van der Waals surface area contributed by atoms with Gasteiger partial charge in [0.1, 0.15) is 6.04 Å². The summed E-state index contributed by atoms with van der Waals surface area (Å²) < 4.78 is 26.2. The Kier molecular flexibility index (Phi) is 12.2. The molecule has 0 saturated heterocycles. The van der Waals surface area contributed by atoms with Gasteiger partial charge >= 0.3 is 0 Å². The van der Waals surface area contributed by atoms with Crippen LogP contribution in [0, 0.1) is 0 Å². The third-order valence-electron chi connectivity index (χ3n) is 6.20. The Bertz CT molecular complexity index is 1150. The fourth-order valence-corrected chi connectivity index (χ4v) is 5.40. The summed E-state index contributed by atoms with van der Waals surface area (Å²) in [6.07, 6.45) is 3.27. The molecule has 0 fully saturated rings. The summed E-state index contributed by atoms with van der Waals surface area (Å²) in [5.41, 5.74) is 1.33. The van der Waals surface area contributed by atoms with E-state index in [0.717, 1.165) is 22.5 Å². The molecule has 0 saturated carbocycles. The average molecular weight is 571 g/mol. The number of sulfonamides is 1. The molecular weight excluding hydrogens is 533 g/mol. The minimum Gasteiger partial charge on any atom is -0.352 e. The van der Waals surface area contributed by atoms with Crippen molar-refractivity contribution in [1.29, 1.82) is 0 Å². The van der Waals surface area contributed by atoms with Gasteiger partial charge in [0.2, 0.25) is 21.8 Å². The second-order valence-corrected chi connectivity index (χ2v) is 11.8. The van der Waals surface area contributed by atoms with Gasteiger partial charge < -0.3 is 10.2 Å². The highest BCUT2D eigenvalue weighted by Gasteiger charge is 2.29. The maximum atomic E-state index is 13.4. The Labute approximate surface area is 231 Å². The predicted octanol–water partition coefficient (Wildman–Crippen LogP) is 5.30. The molecule has 37 heavy (non-hydrogen) atoms. The fraction of sp³-hybridized carbons (Fsp3) is 0.481. The maximum absolute atomic E-state index is 13.4. The van der Waals surface area contributed by atoms with Crippen LogP contribution in [0.4, 0.5) is 5.69 Å². The van der Waals surface area contributed by atoms with E-state index in [2.05, 4.69) is 5.32 Å². The zero-order valence-electron chi connectivity index (χ0n) is 21.9. The van der Waals surface area contributed by atoms with Crippen molar-refractivity contribution >= 4 is 50.7 Å². The molecule has 2 amide bonds. The van der Waals surface area contributed by atoms with Crippen LogP contribution in [-0.4, -0.2) is 56.6 Å². The lowest BCUT2D eigenvalue weighted by Crippen LogP contribution is -2.51. The van der Waals surface area contributed by atoms with Crippen LogP contribution in [0.2, 0.25) is 10.0 Å². The zero-order chi connectivity index (χ0) is 27.6. The standard InChI is InChI=1S/C27H37Cl2N3O4S/c1-5-20(3)30-27(34)24(6-2)31(18-16-21-11-8-7-9-12-21)26(33)13-10-17-32(37(4,35)36)25-19-22(28)14-15-23(25)29/h7-9,11-12,14-15,19-20,24H,5-6,10,13,16-18H2,1-4H3,(H,30,34). The number of halogens is 2. The average Bonchev–Trinajstić information content (AvgIpc) is 2.85. The van der Waals surface area contributed by atoms with Crippen molar-refractivity contribution in [2.24, 2.45) is 0 Å². The molecule has 204 valence electrons. The molecule has 0 heterocycles. The number of benzene rings is 2. The second kappa shape index (κ2) is 14.6. The molecule has 0 aromatic heterocycles. The van der Waals surface area contributed by atoms with E-state index in [-0.39, 0.29) is 48.0 Å². The van der Waals surface area contributed by atoms with Crippen LogP contribution in [0.3, 0.4) is 0 Å². The first-order valence-corrected chi connectivity index (χ1v) is 15.1. The van der Waals surface area contributed by atoms with Gasteiger partial charge in [0.05, 0.1) is 17.0 Å². The lowest BCUT2D eigenvalue weighted by molar-refractivity contribution is -0.141. The number of rotatable bonds is 14. The summed E-state index contributed by atoms with van der Waals surface area (Å²) in [7, 11) is -3.67. The van der Waals surface area contributed by atoms with E-state index < -0.39 is 16.1 Å². The molecule has 1 N–H and O–H groups in total. The highest BCUT2D eigenvalue weighted by atomic mass is 35.5. The molecule has 2 rings (SSSR count). The van der Waals surface area contributed by atoms with Crippen molar-refractivity contribution in [3.8, 4) is 0 Å². The van der Waals surface area contributed by atoms with Crippen molar-refractivity contribution in [3.63, 3.8) is 0 Å². The van der Waals surface area contributed by atoms with Crippen LogP contribution in [0.1, 0.15) is 52.0 Å². The van der Waals surface area contributed by atoms with Crippen LogP contribution in [0.25, 0.3) is 0 Å². The van der Waals surface area contributed by atoms with Gasteiger partial charge in [-0.15, -0.1) is 0 Å². The number of anilines is 1. The van der Waals surface area contributed by atoms with E-state index >= 15 is 0 Å². The summed E-state index contributed by atoms with van der Waals surface area (Å²) in [5.74, 6) is -0.380. The molecule has 0 aliphatic rings. The number of carbonyl (C=O) groups is 2. The summed E-state index contributed by atoms with van der Waals surface area (Å²) in [5, 5.41) is 3.60. The Balaban J connectivity index is 2.20. The van der Waals surface area contributed by atoms with Crippen molar-refractivity contribution in [3.05, 3.63) is 64.1 Å². The summed E-state index contributed by atoms with van der Waals surface area (Å²) >= 11 is 12.3. The smallest absolute Gasteiger partial charge is 0.243 e. The molecule has 7 nitrogen and oxygen atoms in total. The Morgan fingerprint density at radius 2 is 1.68 bits per heavy atom. The van der Waals surface area contributed by atoms with Crippen molar-refractivity contribution < 1.29 is 18.0 Å². The molecule has 0 aliphatic heterocycles. The summed E-state index contributed by atoms with van der Waals surface area (Å²) in [6.45, 7) is 6.24. The molecule has 0 radical (unpaired) electrons. The van der Waals surface area contributed by atoms with Gasteiger partial charge in [-0.05, 0) is 56.4 Å². The SMILES string of the molecule is CCC(C)NC(=O)C(CC)N(CCc1ccccc1)C(=O)CCCN(c1cc(Cl)ccc1Cl)S(C)(=O)=O. The lowest BCUT2D eigenvalue weighted by atomic mass is 10.1. The van der Waals surface area contributed by atoms with Gasteiger partial charge in [-0.25, -0.2) is 8.42 Å². The fourth-order valence-electron chi connectivity index (χ4n) is 4.00. The van der Waals surface area contributed by atoms with Gasteiger partial charge in [0.15, 0.2) is 0 Å². The van der Waals surface area contributed by atoms with Gasteiger partial charge in [0, 0.05) is 30.6 Å². The predicted molar refractivity (Wildman–Crippen MR) is 152 cm³/mol. The minimum absolute atomic E-state index is 0.00149. The van der Waals surface area contributed by atoms with Crippen molar-refractivity contribution in [2.45, 2.75) is 65.0 Å². The van der Waals surface area contributed by atoms with E-state index in [1.807, 2.05) is 51.1 Å². The quantitative estimate of drug-likeness (QED) is 0.334. The molecule has 2 atom stereocenters. The Morgan fingerprint density at radius 1 is 1.00 bits per heavy atom. The minimum atomic E-state index is -3.67. The number of amides is 2. The first-order valence-electron chi connectivity index (χ1n) is 12.5. The van der Waals surface area contributed by atoms with E-state index in [4.69, 9.17) is 23.2 Å². The number of hydrogen-bond acceptors (Lipinski definition) is 4. The molecule has 2 aromatic carbocycles. The lowest BCUT2D eigenvalue weighted by Gasteiger charge is -2.32. The first-order chi connectivity index (χ1) is 17.5. The number of nitrogens with one attached hydrogen (secondary N) is 1. The number of hydrogen-bond donors (Lipinski definition) is 1. The van der Waals surface area contributed by atoms with Gasteiger partial charge in [-0.1, -0.05) is 67.4 Å². The number of carbonyl (C=O) groups excluding carboxylic acids is 2. The van der Waals surface area contributed by atoms with Gasteiger partial charge in [-0.2, -0.15) is 0 Å². The van der Waals surface area contributed by atoms with Gasteiger partial charge in [-0.3, -0.25) is 13.9 Å². The summed E-state index contributed by atoms with van der Waals surface area (Å²) in [4.78, 5) is 28.1. The highest BCUT2D eigenvalue weighted by molar-refractivity contribution is 7.92. The van der Waals surface area contributed by atoms with E-state index in [9.17, 15) is 18.0 Å². The first kappa shape index (κ1) is 30.9. The molecule has 0 spiro atoms. The topological polar surface area (TPSA) is 86.8 Å². The maximum Gasteiger partial charge on any atom is 0.243 e. The van der Waals surface area contributed by atoms with E-state index in [0.29, 0.717) is 24.4 Å². The monoisotopic (exact) mass is 569 g/mol. The Hall–Kier alpha value is -2.29. The van der Waals surface area contributed by atoms with Crippen LogP contribution >= 0.6 is 23.2 Å². The van der Waals surface area contributed by atoms with Crippen LogP contribution < -0.4 is 9.62 Å². The van der Waals surface area contributed by atoms with Crippen molar-refractivity contribution in [1.82, 2.24) is 10.2 Å². The molecular formula is C27H37Cl2N3O4S. The molecule has 2 aromatic rings. The largest absolute Gasteiger partial charge is 0.352 e. The molecule has 2 unspecified atom stereocenters. The highest BCUT2D eigenvalue weighted by Crippen LogP contribution is 2.31. The summed E-state index contributed by atoms with van der Waals surface area (Å²) in [6, 6.07) is 13.8. The molecule has 0 aliphatic carbocycles. The second-order valence-electron chi connectivity index (χ2n) is 9.10. The number of nitrogens with zero attached hydrogens (tertiary/aromatic N) is 2.